The molecule has 1 rings (SSSR count). The van der Waals surface area contributed by atoms with Crippen molar-refractivity contribution in [2.45, 2.75) is 32.6 Å². The second kappa shape index (κ2) is 6.94. The molecular formula is C14H20O3. The summed E-state index contributed by atoms with van der Waals surface area (Å²) in [7, 11) is 1.61. The van der Waals surface area contributed by atoms with Gasteiger partial charge < -0.3 is 9.84 Å². The maximum atomic E-state index is 11.2. The topological polar surface area (TPSA) is 46.5 Å². The number of carboxylic acid groups (broad SMARTS) is 1. The van der Waals surface area contributed by atoms with E-state index in [1.165, 1.54) is 0 Å². The Balaban J connectivity index is 2.74. The normalized spacial score (nSPS) is 12.1. The molecule has 3 nitrogen and oxygen atoms in total. The van der Waals surface area contributed by atoms with Crippen LogP contribution >= 0.6 is 0 Å². The van der Waals surface area contributed by atoms with Gasteiger partial charge in [-0.3, -0.25) is 4.79 Å². The zero-order valence-electron chi connectivity index (χ0n) is 10.5. The summed E-state index contributed by atoms with van der Waals surface area (Å²) in [6.45, 7) is 2.07. The number of benzene rings is 1. The van der Waals surface area contributed by atoms with Gasteiger partial charge in [0.15, 0.2) is 0 Å². The average Bonchev–Trinajstić information content (AvgIpc) is 2.34. The zero-order valence-corrected chi connectivity index (χ0v) is 10.5. The molecule has 0 fully saturated rings. The van der Waals surface area contributed by atoms with E-state index in [-0.39, 0.29) is 5.92 Å². The maximum Gasteiger partial charge on any atom is 0.306 e. The van der Waals surface area contributed by atoms with Crippen LogP contribution in [0.4, 0.5) is 0 Å². The number of carboxylic acids is 1. The molecule has 94 valence electrons. The molecule has 0 spiro atoms. The van der Waals surface area contributed by atoms with Gasteiger partial charge >= 0.3 is 5.97 Å². The van der Waals surface area contributed by atoms with Crippen LogP contribution < -0.4 is 4.74 Å². The Morgan fingerprint density at radius 3 is 2.71 bits per heavy atom. The van der Waals surface area contributed by atoms with Gasteiger partial charge in [0.05, 0.1) is 13.0 Å². The monoisotopic (exact) mass is 236 g/mol. The number of methoxy groups -OCH3 is 1. The number of hydrogen-bond donors (Lipinski definition) is 1. The van der Waals surface area contributed by atoms with Gasteiger partial charge in [0.1, 0.15) is 5.75 Å². The standard InChI is InChI=1S/C14H20O3/c1-3-4-7-12(14(15)16)10-11-8-5-6-9-13(11)17-2/h5-6,8-9,12H,3-4,7,10H2,1-2H3,(H,15,16). The quantitative estimate of drug-likeness (QED) is 0.791. The second-order valence-electron chi connectivity index (χ2n) is 4.19. The molecule has 0 heterocycles. The summed E-state index contributed by atoms with van der Waals surface area (Å²) in [6.07, 6.45) is 3.24. The van der Waals surface area contributed by atoms with Crippen molar-refractivity contribution in [1.82, 2.24) is 0 Å². The summed E-state index contributed by atoms with van der Waals surface area (Å²) in [5.74, 6) is -0.258. The lowest BCUT2D eigenvalue weighted by atomic mass is 9.94. The Labute approximate surface area is 102 Å². The molecule has 1 aromatic rings. The van der Waals surface area contributed by atoms with Crippen molar-refractivity contribution in [2.24, 2.45) is 5.92 Å². The average molecular weight is 236 g/mol. The van der Waals surface area contributed by atoms with Crippen molar-refractivity contribution >= 4 is 5.97 Å². The van der Waals surface area contributed by atoms with E-state index < -0.39 is 5.97 Å². The van der Waals surface area contributed by atoms with Crippen LogP contribution in [0.2, 0.25) is 0 Å². The number of hydrogen-bond acceptors (Lipinski definition) is 2. The smallest absolute Gasteiger partial charge is 0.306 e. The number of ether oxygens (including phenoxy) is 1. The fraction of sp³-hybridized carbons (Fsp3) is 0.500. The summed E-state index contributed by atoms with van der Waals surface area (Å²) in [5, 5.41) is 9.18. The molecule has 0 saturated heterocycles. The third-order valence-electron chi connectivity index (χ3n) is 2.91. The molecule has 17 heavy (non-hydrogen) atoms. The van der Waals surface area contributed by atoms with Crippen molar-refractivity contribution in [3.63, 3.8) is 0 Å². The Morgan fingerprint density at radius 2 is 2.12 bits per heavy atom. The van der Waals surface area contributed by atoms with Crippen LogP contribution in [0, 0.1) is 5.92 Å². The first-order valence-corrected chi connectivity index (χ1v) is 6.03. The minimum absolute atomic E-state index is 0.314. The summed E-state index contributed by atoms with van der Waals surface area (Å²) in [4.78, 5) is 11.2. The Kier molecular flexibility index (Phi) is 5.53. The molecule has 1 atom stereocenters. The molecule has 3 heteroatoms. The fourth-order valence-electron chi connectivity index (χ4n) is 1.90. The molecule has 0 radical (unpaired) electrons. The third-order valence-corrected chi connectivity index (χ3v) is 2.91. The van der Waals surface area contributed by atoms with E-state index in [2.05, 4.69) is 6.92 Å². The van der Waals surface area contributed by atoms with Crippen molar-refractivity contribution in [1.29, 1.82) is 0 Å². The van der Waals surface area contributed by atoms with Crippen LogP contribution in [0.25, 0.3) is 0 Å². The molecule has 1 aromatic carbocycles. The molecule has 0 amide bonds. The third kappa shape index (κ3) is 4.10. The first-order valence-electron chi connectivity index (χ1n) is 6.03. The number of unbranched alkanes of at least 4 members (excludes halogenated alkanes) is 1. The predicted molar refractivity (Wildman–Crippen MR) is 67.3 cm³/mol. The summed E-state index contributed by atoms with van der Waals surface area (Å²) in [6, 6.07) is 7.61. The van der Waals surface area contributed by atoms with Gasteiger partial charge in [-0.1, -0.05) is 38.0 Å². The van der Waals surface area contributed by atoms with Crippen molar-refractivity contribution in [3.05, 3.63) is 29.8 Å². The molecule has 1 N–H and O–H groups in total. The highest BCUT2D eigenvalue weighted by molar-refractivity contribution is 5.70. The largest absolute Gasteiger partial charge is 0.496 e. The van der Waals surface area contributed by atoms with E-state index in [9.17, 15) is 9.90 Å². The lowest BCUT2D eigenvalue weighted by Crippen LogP contribution is -2.16. The first-order chi connectivity index (χ1) is 8.19. The van der Waals surface area contributed by atoms with Crippen molar-refractivity contribution in [3.8, 4) is 5.75 Å². The first kappa shape index (κ1) is 13.6. The number of aliphatic carboxylic acids is 1. The van der Waals surface area contributed by atoms with Gasteiger partial charge in [0.25, 0.3) is 0 Å². The van der Waals surface area contributed by atoms with Crippen LogP contribution in [0.15, 0.2) is 24.3 Å². The lowest BCUT2D eigenvalue weighted by Gasteiger charge is -2.14. The molecule has 0 bridgehead atoms. The molecule has 0 aliphatic heterocycles. The second-order valence-corrected chi connectivity index (χ2v) is 4.19. The van der Waals surface area contributed by atoms with Crippen LogP contribution in [-0.2, 0) is 11.2 Å². The highest BCUT2D eigenvalue weighted by Crippen LogP contribution is 2.23. The lowest BCUT2D eigenvalue weighted by molar-refractivity contribution is -0.142. The van der Waals surface area contributed by atoms with E-state index in [4.69, 9.17) is 4.74 Å². The van der Waals surface area contributed by atoms with E-state index in [1.807, 2.05) is 24.3 Å². The SMILES string of the molecule is CCCCC(Cc1ccccc1OC)C(=O)O. The minimum atomic E-state index is -0.718. The Hall–Kier alpha value is -1.51. The Bertz CT molecular complexity index is 360. The zero-order chi connectivity index (χ0) is 12.7. The van der Waals surface area contributed by atoms with Gasteiger partial charge in [-0.05, 0) is 24.5 Å². The van der Waals surface area contributed by atoms with E-state index in [0.29, 0.717) is 6.42 Å². The molecule has 0 aromatic heterocycles. The van der Waals surface area contributed by atoms with Crippen LogP contribution in [0.1, 0.15) is 31.7 Å². The van der Waals surface area contributed by atoms with Gasteiger partial charge in [-0.15, -0.1) is 0 Å². The molecular weight excluding hydrogens is 216 g/mol. The highest BCUT2D eigenvalue weighted by Gasteiger charge is 2.18. The predicted octanol–water partition coefficient (Wildman–Crippen LogP) is 3.13. The van der Waals surface area contributed by atoms with Crippen LogP contribution in [-0.4, -0.2) is 18.2 Å². The van der Waals surface area contributed by atoms with Crippen molar-refractivity contribution < 1.29 is 14.6 Å². The molecule has 1 unspecified atom stereocenters. The molecule has 0 aliphatic rings. The van der Waals surface area contributed by atoms with Crippen LogP contribution in [0.3, 0.4) is 0 Å². The van der Waals surface area contributed by atoms with Gasteiger partial charge in [0.2, 0.25) is 0 Å². The van der Waals surface area contributed by atoms with Crippen molar-refractivity contribution in [2.75, 3.05) is 7.11 Å². The van der Waals surface area contributed by atoms with Gasteiger partial charge in [0, 0.05) is 0 Å². The van der Waals surface area contributed by atoms with E-state index >= 15 is 0 Å². The van der Waals surface area contributed by atoms with E-state index in [0.717, 1.165) is 30.6 Å². The summed E-state index contributed by atoms with van der Waals surface area (Å²) < 4.78 is 5.24. The fourth-order valence-corrected chi connectivity index (χ4v) is 1.90. The maximum absolute atomic E-state index is 11.2. The summed E-state index contributed by atoms with van der Waals surface area (Å²) in [5.41, 5.74) is 0.971. The number of para-hydroxylation sites is 1. The summed E-state index contributed by atoms with van der Waals surface area (Å²) >= 11 is 0. The number of carbonyl (C=O) groups is 1. The van der Waals surface area contributed by atoms with Gasteiger partial charge in [-0.25, -0.2) is 0 Å². The Morgan fingerprint density at radius 1 is 1.41 bits per heavy atom. The molecule has 0 saturated carbocycles. The van der Waals surface area contributed by atoms with Crippen LogP contribution in [0.5, 0.6) is 5.75 Å². The van der Waals surface area contributed by atoms with E-state index in [1.54, 1.807) is 7.11 Å². The van der Waals surface area contributed by atoms with Gasteiger partial charge in [-0.2, -0.15) is 0 Å². The number of rotatable bonds is 7. The highest BCUT2D eigenvalue weighted by atomic mass is 16.5. The molecule has 0 aliphatic carbocycles. The minimum Gasteiger partial charge on any atom is -0.496 e.